The number of carbonyl (C=O) groups excluding carboxylic acids is 1. The van der Waals surface area contributed by atoms with Gasteiger partial charge in [0.15, 0.2) is 0 Å². The summed E-state index contributed by atoms with van der Waals surface area (Å²) in [6, 6.07) is 33.2. The van der Waals surface area contributed by atoms with Gasteiger partial charge in [-0.15, -0.1) is 0 Å². The molecule has 0 radical (unpaired) electrons. The lowest BCUT2D eigenvalue weighted by Crippen LogP contribution is -2.31. The van der Waals surface area contributed by atoms with E-state index < -0.39 is 0 Å². The van der Waals surface area contributed by atoms with Crippen LogP contribution in [0.5, 0.6) is 11.5 Å². The van der Waals surface area contributed by atoms with E-state index in [-0.39, 0.29) is 5.97 Å². The highest BCUT2D eigenvalue weighted by molar-refractivity contribution is 6.30. The fourth-order valence-electron chi connectivity index (χ4n) is 5.67. The average molecular weight is 594 g/mol. The Balaban J connectivity index is 1.37. The summed E-state index contributed by atoms with van der Waals surface area (Å²) in [6.07, 6.45) is 7.45. The Morgan fingerprint density at radius 2 is 1.23 bits per heavy atom. The molecule has 0 aliphatic carbocycles. The third-order valence-corrected chi connectivity index (χ3v) is 8.23. The number of nitrogens with zero attached hydrogens (tertiary/aromatic N) is 1. The largest absolute Gasteiger partial charge is 0.492 e. The maximum Gasteiger partial charge on any atom is 0.343 e. The molecule has 0 saturated carbocycles. The van der Waals surface area contributed by atoms with Crippen molar-refractivity contribution in [3.8, 4) is 11.5 Å². The van der Waals surface area contributed by atoms with Gasteiger partial charge in [-0.25, -0.2) is 4.79 Å². The predicted octanol–water partition coefficient (Wildman–Crippen LogP) is 9.57. The number of halogens is 1. The lowest BCUT2D eigenvalue weighted by Gasteiger charge is -2.24. The van der Waals surface area contributed by atoms with Gasteiger partial charge < -0.3 is 9.47 Å². The molecule has 0 atom stereocenters. The van der Waals surface area contributed by atoms with E-state index in [0.717, 1.165) is 41.0 Å². The quantitative estimate of drug-likeness (QED) is 0.104. The molecule has 0 N–H and O–H groups in total. The van der Waals surface area contributed by atoms with Crippen molar-refractivity contribution in [3.05, 3.63) is 130 Å². The van der Waals surface area contributed by atoms with E-state index in [4.69, 9.17) is 21.1 Å². The molecule has 222 valence electrons. The van der Waals surface area contributed by atoms with Gasteiger partial charge in [-0.05, 0) is 109 Å². The molecule has 4 nitrogen and oxygen atoms in total. The van der Waals surface area contributed by atoms with Crippen molar-refractivity contribution < 1.29 is 14.3 Å². The van der Waals surface area contributed by atoms with Crippen LogP contribution in [0.4, 0.5) is 0 Å². The van der Waals surface area contributed by atoms with Gasteiger partial charge in [0, 0.05) is 11.6 Å². The number of esters is 1. The van der Waals surface area contributed by atoms with Crippen molar-refractivity contribution in [1.82, 2.24) is 4.90 Å². The second kappa shape index (κ2) is 15.6. The van der Waals surface area contributed by atoms with E-state index >= 15 is 0 Å². The first-order valence-electron chi connectivity index (χ1n) is 15.4. The Kier molecular flexibility index (Phi) is 11.1. The standard InChI is InChI=1S/C38H40ClNO3/c1-2-36(29-13-19-33(39)20-14-29)37(31-17-23-35(24-18-31)43-38(41)32-11-7-6-8-12-32)30-15-21-34(22-16-30)42-28-27-40-25-9-4-3-5-10-26-40/h6-8,11-24H,2-5,9-10,25-28H2,1H3/b37-36-. The number of hydrogen-bond acceptors (Lipinski definition) is 4. The third-order valence-electron chi connectivity index (χ3n) is 7.98. The Labute approximate surface area is 260 Å². The molecule has 4 aromatic rings. The molecule has 4 aromatic carbocycles. The highest BCUT2D eigenvalue weighted by Gasteiger charge is 2.15. The van der Waals surface area contributed by atoms with Gasteiger partial charge >= 0.3 is 5.97 Å². The van der Waals surface area contributed by atoms with E-state index in [0.29, 0.717) is 22.9 Å². The summed E-state index contributed by atoms with van der Waals surface area (Å²) in [7, 11) is 0. The Morgan fingerprint density at radius 1 is 0.674 bits per heavy atom. The van der Waals surface area contributed by atoms with Crippen LogP contribution in [0.1, 0.15) is 72.5 Å². The lowest BCUT2D eigenvalue weighted by molar-refractivity contribution is 0.0734. The summed E-state index contributed by atoms with van der Waals surface area (Å²) >= 11 is 6.23. The smallest absolute Gasteiger partial charge is 0.343 e. The van der Waals surface area contributed by atoms with E-state index in [1.807, 2.05) is 54.6 Å². The first-order chi connectivity index (χ1) is 21.1. The van der Waals surface area contributed by atoms with E-state index in [9.17, 15) is 4.79 Å². The van der Waals surface area contributed by atoms with Crippen molar-refractivity contribution in [1.29, 1.82) is 0 Å². The fraction of sp³-hybridized carbons (Fsp3) is 0.289. The lowest BCUT2D eigenvalue weighted by atomic mass is 9.88. The second-order valence-corrected chi connectivity index (χ2v) is 11.4. The van der Waals surface area contributed by atoms with Crippen molar-refractivity contribution in [2.45, 2.75) is 45.4 Å². The SMILES string of the molecule is CC/C(=C(\c1ccc(OCCN2CCCCCCC2)cc1)c1ccc(OC(=O)c2ccccc2)cc1)c1ccc(Cl)cc1. The normalized spacial score (nSPS) is 14.7. The van der Waals surface area contributed by atoms with Crippen LogP contribution in [0.2, 0.25) is 5.02 Å². The molecule has 1 saturated heterocycles. The van der Waals surface area contributed by atoms with Crippen LogP contribution in [0.3, 0.4) is 0 Å². The second-order valence-electron chi connectivity index (χ2n) is 11.0. The first kappa shape index (κ1) is 30.6. The maximum absolute atomic E-state index is 12.6. The number of hydrogen-bond donors (Lipinski definition) is 0. The minimum absolute atomic E-state index is 0.374. The van der Waals surface area contributed by atoms with Gasteiger partial charge in [0.05, 0.1) is 5.56 Å². The van der Waals surface area contributed by atoms with Crippen LogP contribution >= 0.6 is 11.6 Å². The number of rotatable bonds is 10. The van der Waals surface area contributed by atoms with Crippen molar-refractivity contribution in [3.63, 3.8) is 0 Å². The van der Waals surface area contributed by atoms with Gasteiger partial charge in [-0.2, -0.15) is 0 Å². The van der Waals surface area contributed by atoms with E-state index in [2.05, 4.69) is 48.2 Å². The monoisotopic (exact) mass is 593 g/mol. The summed E-state index contributed by atoms with van der Waals surface area (Å²) in [5.74, 6) is 1.01. The van der Waals surface area contributed by atoms with Gasteiger partial charge in [0.25, 0.3) is 0 Å². The number of allylic oxidation sites excluding steroid dienone is 1. The summed E-state index contributed by atoms with van der Waals surface area (Å²) in [4.78, 5) is 15.1. The minimum atomic E-state index is -0.374. The fourth-order valence-corrected chi connectivity index (χ4v) is 5.79. The average Bonchev–Trinajstić information content (AvgIpc) is 3.03. The molecule has 1 aliphatic heterocycles. The highest BCUT2D eigenvalue weighted by Crippen LogP contribution is 2.36. The van der Waals surface area contributed by atoms with Gasteiger partial charge in [0.1, 0.15) is 18.1 Å². The zero-order valence-electron chi connectivity index (χ0n) is 24.9. The molecule has 5 rings (SSSR count). The summed E-state index contributed by atoms with van der Waals surface area (Å²) < 4.78 is 11.8. The molecule has 0 amide bonds. The number of likely N-dealkylation sites (tertiary alicyclic amines) is 1. The molecule has 0 spiro atoms. The Hall–Kier alpha value is -3.86. The first-order valence-corrected chi connectivity index (χ1v) is 15.8. The van der Waals surface area contributed by atoms with E-state index in [1.54, 1.807) is 12.1 Å². The van der Waals surface area contributed by atoms with Crippen molar-refractivity contribution in [2.24, 2.45) is 0 Å². The molecule has 5 heteroatoms. The van der Waals surface area contributed by atoms with Crippen LogP contribution in [-0.2, 0) is 0 Å². The van der Waals surface area contributed by atoms with Gasteiger partial charge in [-0.1, -0.05) is 92.4 Å². The van der Waals surface area contributed by atoms with Crippen LogP contribution in [0, 0.1) is 0 Å². The van der Waals surface area contributed by atoms with Crippen molar-refractivity contribution >= 4 is 28.7 Å². The highest BCUT2D eigenvalue weighted by atomic mass is 35.5. The molecule has 0 aromatic heterocycles. The predicted molar refractivity (Wildman–Crippen MR) is 177 cm³/mol. The molecular weight excluding hydrogens is 554 g/mol. The van der Waals surface area contributed by atoms with Crippen LogP contribution in [-0.4, -0.2) is 37.1 Å². The van der Waals surface area contributed by atoms with Gasteiger partial charge in [-0.3, -0.25) is 4.90 Å². The number of benzene rings is 4. The van der Waals surface area contributed by atoms with Crippen LogP contribution < -0.4 is 9.47 Å². The Morgan fingerprint density at radius 3 is 1.84 bits per heavy atom. The molecular formula is C38H40ClNO3. The third kappa shape index (κ3) is 8.59. The molecule has 1 heterocycles. The molecule has 1 fully saturated rings. The molecule has 0 bridgehead atoms. The Bertz CT molecular complexity index is 1470. The summed E-state index contributed by atoms with van der Waals surface area (Å²) in [5, 5.41) is 0.711. The molecule has 1 aliphatic rings. The number of carbonyl (C=O) groups is 1. The number of ether oxygens (including phenoxy) is 2. The van der Waals surface area contributed by atoms with Gasteiger partial charge in [0.2, 0.25) is 0 Å². The molecule has 43 heavy (non-hydrogen) atoms. The zero-order chi connectivity index (χ0) is 29.9. The zero-order valence-corrected chi connectivity index (χ0v) is 25.7. The summed E-state index contributed by atoms with van der Waals surface area (Å²) in [5.41, 5.74) is 6.10. The molecule has 0 unspecified atom stereocenters. The topological polar surface area (TPSA) is 38.8 Å². The maximum atomic E-state index is 12.6. The van der Waals surface area contributed by atoms with Crippen LogP contribution in [0.15, 0.2) is 103 Å². The van der Waals surface area contributed by atoms with E-state index in [1.165, 1.54) is 50.8 Å². The summed E-state index contributed by atoms with van der Waals surface area (Å²) in [6.45, 7) is 6.17. The van der Waals surface area contributed by atoms with Crippen molar-refractivity contribution in [2.75, 3.05) is 26.2 Å². The van der Waals surface area contributed by atoms with Crippen LogP contribution in [0.25, 0.3) is 11.1 Å². The minimum Gasteiger partial charge on any atom is -0.492 e.